The number of amides is 1. The van der Waals surface area contributed by atoms with Crippen LogP contribution in [0.2, 0.25) is 0 Å². The van der Waals surface area contributed by atoms with Gasteiger partial charge in [0, 0.05) is 25.2 Å². The molecular weight excluding hydrogens is 300 g/mol. The van der Waals surface area contributed by atoms with Crippen molar-refractivity contribution in [3.05, 3.63) is 0 Å². The van der Waals surface area contributed by atoms with Crippen molar-refractivity contribution in [3.63, 3.8) is 0 Å². The van der Waals surface area contributed by atoms with Gasteiger partial charge in [0.2, 0.25) is 5.91 Å². The summed E-state index contributed by atoms with van der Waals surface area (Å²) < 4.78 is 24.7. The number of likely N-dealkylation sites (tertiary alicyclic amines) is 1. The predicted molar refractivity (Wildman–Crippen MR) is 88.5 cm³/mol. The van der Waals surface area contributed by atoms with Crippen LogP contribution in [-0.4, -0.2) is 66.3 Å². The van der Waals surface area contributed by atoms with Gasteiger partial charge in [-0.25, -0.2) is 8.42 Å². The smallest absolute Gasteiger partial charge is 0.241 e. The van der Waals surface area contributed by atoms with Crippen LogP contribution in [0.15, 0.2) is 0 Å². The second-order valence-electron chi connectivity index (χ2n) is 6.92. The molecule has 0 aromatic rings. The maximum absolute atomic E-state index is 12.9. The molecule has 0 aromatic heterocycles. The van der Waals surface area contributed by atoms with Gasteiger partial charge in [-0.1, -0.05) is 6.92 Å². The van der Waals surface area contributed by atoms with Gasteiger partial charge < -0.3 is 9.80 Å². The van der Waals surface area contributed by atoms with E-state index in [9.17, 15) is 13.2 Å². The molecule has 1 saturated heterocycles. The van der Waals surface area contributed by atoms with E-state index >= 15 is 0 Å². The Kier molecular flexibility index (Phi) is 5.54. The van der Waals surface area contributed by atoms with Gasteiger partial charge in [0.25, 0.3) is 0 Å². The maximum Gasteiger partial charge on any atom is 0.241 e. The zero-order valence-corrected chi connectivity index (χ0v) is 15.1. The Hall–Kier alpha value is -0.620. The van der Waals surface area contributed by atoms with Crippen LogP contribution < -0.4 is 0 Å². The quantitative estimate of drug-likeness (QED) is 0.743. The summed E-state index contributed by atoms with van der Waals surface area (Å²) in [5.41, 5.74) is 0. The fourth-order valence-electron chi connectivity index (χ4n) is 3.28. The normalized spacial score (nSPS) is 22.8. The predicted octanol–water partition coefficient (Wildman–Crippen LogP) is 1.67. The van der Waals surface area contributed by atoms with E-state index < -0.39 is 20.3 Å². The zero-order valence-electron chi connectivity index (χ0n) is 14.3. The van der Waals surface area contributed by atoms with Gasteiger partial charge in [-0.15, -0.1) is 0 Å². The number of piperidine rings is 1. The van der Waals surface area contributed by atoms with Crippen molar-refractivity contribution in [1.82, 2.24) is 9.80 Å². The molecule has 22 heavy (non-hydrogen) atoms. The molecule has 0 aromatic carbocycles. The summed E-state index contributed by atoms with van der Waals surface area (Å²) >= 11 is 0. The lowest BCUT2D eigenvalue weighted by molar-refractivity contribution is -0.134. The Morgan fingerprint density at radius 3 is 2.00 bits per heavy atom. The van der Waals surface area contributed by atoms with Crippen molar-refractivity contribution in [2.75, 3.05) is 19.6 Å². The van der Waals surface area contributed by atoms with Crippen LogP contribution in [0.5, 0.6) is 0 Å². The van der Waals surface area contributed by atoms with Gasteiger partial charge in [0.15, 0.2) is 9.84 Å². The summed E-state index contributed by atoms with van der Waals surface area (Å²) in [6.45, 7) is 10.1. The molecule has 1 atom stereocenters. The van der Waals surface area contributed by atoms with Crippen LogP contribution in [0.1, 0.15) is 53.4 Å². The fourth-order valence-corrected chi connectivity index (χ4v) is 4.50. The molecule has 1 aliphatic heterocycles. The first-order valence-electron chi connectivity index (χ1n) is 8.56. The van der Waals surface area contributed by atoms with Crippen molar-refractivity contribution >= 4 is 15.7 Å². The third-order valence-corrected chi connectivity index (χ3v) is 7.59. The molecule has 1 saturated carbocycles. The van der Waals surface area contributed by atoms with Gasteiger partial charge in [-0.05, 0) is 53.0 Å². The molecule has 0 radical (unpaired) electrons. The molecule has 0 N–H and O–H groups in total. The average Bonchev–Trinajstić information content (AvgIpc) is 3.31. The van der Waals surface area contributed by atoms with Crippen molar-refractivity contribution < 1.29 is 13.2 Å². The third-order valence-electron chi connectivity index (χ3n) is 5.09. The van der Waals surface area contributed by atoms with Crippen molar-refractivity contribution in [2.45, 2.75) is 76.0 Å². The molecule has 2 rings (SSSR count). The lowest BCUT2D eigenvalue weighted by atomic mass is 10.0. The standard InChI is InChI=1S/C16H30N2O3S/c1-5-17-10-8-15(9-11-17)18(14-6-7-14)16(19)13(4)22(20,21)12(2)3/h12-15H,5-11H2,1-4H3. The molecule has 5 nitrogen and oxygen atoms in total. The van der Waals surface area contributed by atoms with E-state index in [0.717, 1.165) is 45.3 Å². The first-order chi connectivity index (χ1) is 10.3. The van der Waals surface area contributed by atoms with E-state index in [1.807, 2.05) is 4.90 Å². The van der Waals surface area contributed by atoms with Crippen molar-refractivity contribution in [3.8, 4) is 0 Å². The fraction of sp³-hybridized carbons (Fsp3) is 0.938. The Balaban J connectivity index is 2.10. The van der Waals surface area contributed by atoms with E-state index in [-0.39, 0.29) is 18.0 Å². The van der Waals surface area contributed by atoms with E-state index in [1.54, 1.807) is 20.8 Å². The van der Waals surface area contributed by atoms with E-state index in [4.69, 9.17) is 0 Å². The van der Waals surface area contributed by atoms with Crippen LogP contribution in [0, 0.1) is 0 Å². The van der Waals surface area contributed by atoms with Gasteiger partial charge >= 0.3 is 0 Å². The number of sulfone groups is 1. The van der Waals surface area contributed by atoms with Crippen LogP contribution in [0.3, 0.4) is 0 Å². The topological polar surface area (TPSA) is 57.7 Å². The Labute approximate surface area is 135 Å². The molecule has 128 valence electrons. The Morgan fingerprint density at radius 2 is 1.59 bits per heavy atom. The molecule has 1 unspecified atom stereocenters. The highest BCUT2D eigenvalue weighted by Crippen LogP contribution is 2.33. The molecule has 6 heteroatoms. The lowest BCUT2D eigenvalue weighted by Crippen LogP contribution is -2.52. The van der Waals surface area contributed by atoms with Gasteiger partial charge in [0.1, 0.15) is 5.25 Å². The number of rotatable bonds is 6. The van der Waals surface area contributed by atoms with Gasteiger partial charge in [0.05, 0.1) is 5.25 Å². The lowest BCUT2D eigenvalue weighted by Gasteiger charge is -2.39. The summed E-state index contributed by atoms with van der Waals surface area (Å²) in [5, 5.41) is -1.42. The average molecular weight is 330 g/mol. The minimum atomic E-state index is -3.38. The van der Waals surface area contributed by atoms with E-state index in [2.05, 4.69) is 11.8 Å². The highest BCUT2D eigenvalue weighted by molar-refractivity contribution is 7.93. The first-order valence-corrected chi connectivity index (χ1v) is 10.2. The maximum atomic E-state index is 12.9. The highest BCUT2D eigenvalue weighted by atomic mass is 32.2. The summed E-state index contributed by atoms with van der Waals surface area (Å²) in [6.07, 6.45) is 3.97. The molecule has 0 spiro atoms. The van der Waals surface area contributed by atoms with Gasteiger partial charge in [-0.2, -0.15) is 0 Å². The van der Waals surface area contributed by atoms with Crippen LogP contribution in [-0.2, 0) is 14.6 Å². The first kappa shape index (κ1) is 17.7. The number of carbonyl (C=O) groups is 1. The van der Waals surface area contributed by atoms with E-state index in [1.165, 1.54) is 0 Å². The molecule has 0 bridgehead atoms. The van der Waals surface area contributed by atoms with Gasteiger partial charge in [-0.3, -0.25) is 4.79 Å². The largest absolute Gasteiger partial charge is 0.336 e. The van der Waals surface area contributed by atoms with Crippen LogP contribution in [0.4, 0.5) is 0 Å². The zero-order chi connectivity index (χ0) is 16.5. The molecule has 1 aliphatic carbocycles. The minimum absolute atomic E-state index is 0.175. The number of hydrogen-bond donors (Lipinski definition) is 0. The Morgan fingerprint density at radius 1 is 1.09 bits per heavy atom. The monoisotopic (exact) mass is 330 g/mol. The summed E-state index contributed by atoms with van der Waals surface area (Å²) in [6, 6.07) is 0.489. The minimum Gasteiger partial charge on any atom is -0.336 e. The molecule has 1 amide bonds. The van der Waals surface area contributed by atoms with Crippen LogP contribution in [0.25, 0.3) is 0 Å². The number of hydrogen-bond acceptors (Lipinski definition) is 4. The second-order valence-corrected chi connectivity index (χ2v) is 9.75. The Bertz CT molecular complexity index is 492. The molecule has 2 fully saturated rings. The molecular formula is C16H30N2O3S. The van der Waals surface area contributed by atoms with Crippen molar-refractivity contribution in [2.24, 2.45) is 0 Å². The summed E-state index contributed by atoms with van der Waals surface area (Å²) in [7, 11) is -3.38. The second kappa shape index (κ2) is 6.87. The van der Waals surface area contributed by atoms with Crippen molar-refractivity contribution in [1.29, 1.82) is 0 Å². The summed E-state index contributed by atoms with van der Waals surface area (Å²) in [5.74, 6) is -0.175. The highest BCUT2D eigenvalue weighted by Gasteiger charge is 2.43. The molecule has 1 heterocycles. The van der Waals surface area contributed by atoms with E-state index in [0.29, 0.717) is 0 Å². The number of nitrogens with zero attached hydrogens (tertiary/aromatic N) is 2. The number of carbonyl (C=O) groups excluding carboxylic acids is 1. The summed E-state index contributed by atoms with van der Waals surface area (Å²) in [4.78, 5) is 17.2. The van der Waals surface area contributed by atoms with Crippen LogP contribution >= 0.6 is 0 Å². The molecule has 2 aliphatic rings. The third kappa shape index (κ3) is 3.65. The SMILES string of the molecule is CCN1CCC(N(C(=O)C(C)S(=O)(=O)C(C)C)C2CC2)CC1.